The Kier molecular flexibility index (Phi) is 5.34. The number of hydrogen-bond donors (Lipinski definition) is 3. The molecular formula is C17H13BrClN5O2. The van der Waals surface area contributed by atoms with E-state index in [4.69, 9.17) is 11.6 Å². The van der Waals surface area contributed by atoms with Crippen molar-refractivity contribution in [2.75, 3.05) is 10.6 Å². The number of carbonyl (C=O) groups is 2. The Balaban J connectivity index is 1.70. The van der Waals surface area contributed by atoms with Crippen molar-refractivity contribution in [1.29, 1.82) is 0 Å². The van der Waals surface area contributed by atoms with Crippen LogP contribution in [0.4, 0.5) is 11.5 Å². The molecule has 0 radical (unpaired) electrons. The lowest BCUT2D eigenvalue weighted by Crippen LogP contribution is -2.29. The Hall–Kier alpha value is -2.71. The van der Waals surface area contributed by atoms with Gasteiger partial charge in [-0.15, -0.1) is 0 Å². The van der Waals surface area contributed by atoms with Crippen LogP contribution in [0.5, 0.6) is 0 Å². The lowest BCUT2D eigenvalue weighted by molar-refractivity contribution is -0.133. The topological polar surface area (TPSA) is 99.8 Å². The molecule has 9 heteroatoms. The van der Waals surface area contributed by atoms with Crippen LogP contribution in [0.15, 0.2) is 47.2 Å². The van der Waals surface area contributed by atoms with Crippen molar-refractivity contribution >= 4 is 50.9 Å². The highest BCUT2D eigenvalue weighted by molar-refractivity contribution is 9.10. The third-order valence-electron chi connectivity index (χ3n) is 3.53. The molecule has 0 saturated heterocycles. The third-order valence-corrected chi connectivity index (χ3v) is 4.35. The van der Waals surface area contributed by atoms with Gasteiger partial charge in [0.05, 0.1) is 22.6 Å². The molecule has 3 N–H and O–H groups in total. The normalized spacial score (nSPS) is 10.4. The summed E-state index contributed by atoms with van der Waals surface area (Å²) in [5.41, 5.74) is 2.59. The monoisotopic (exact) mass is 433 g/mol. The number of nitrogens with one attached hydrogen (secondary N) is 3. The van der Waals surface area contributed by atoms with E-state index in [1.54, 1.807) is 31.3 Å². The Bertz CT molecular complexity index is 989. The molecule has 2 aromatic heterocycles. The summed E-state index contributed by atoms with van der Waals surface area (Å²) in [7, 11) is 0. The number of pyridine rings is 1. The maximum Gasteiger partial charge on any atom is 0.315 e. The number of rotatable bonds is 3. The van der Waals surface area contributed by atoms with Crippen molar-refractivity contribution in [2.24, 2.45) is 0 Å². The third kappa shape index (κ3) is 4.09. The number of halogens is 2. The summed E-state index contributed by atoms with van der Waals surface area (Å²) in [6.45, 7) is 1.80. The molecule has 2 heterocycles. The van der Waals surface area contributed by atoms with Crippen LogP contribution < -0.4 is 10.6 Å². The van der Waals surface area contributed by atoms with Crippen molar-refractivity contribution < 1.29 is 9.59 Å². The molecule has 0 atom stereocenters. The first-order valence-corrected chi connectivity index (χ1v) is 8.65. The summed E-state index contributed by atoms with van der Waals surface area (Å²) < 4.78 is 0.850. The molecule has 0 fully saturated rings. The summed E-state index contributed by atoms with van der Waals surface area (Å²) in [5, 5.41) is 12.2. The van der Waals surface area contributed by atoms with E-state index in [1.165, 1.54) is 6.20 Å². The average molecular weight is 435 g/mol. The molecule has 0 spiro atoms. The number of hydrogen-bond acceptors (Lipinski definition) is 4. The van der Waals surface area contributed by atoms with Gasteiger partial charge >= 0.3 is 11.8 Å². The summed E-state index contributed by atoms with van der Waals surface area (Å²) in [6.07, 6.45) is 3.08. The van der Waals surface area contributed by atoms with E-state index in [-0.39, 0.29) is 5.82 Å². The van der Waals surface area contributed by atoms with E-state index in [0.717, 1.165) is 10.0 Å². The SMILES string of the molecule is Cc1ccncc1NC(=O)C(=O)Nc1cc(-c2cc(Br)ccc2Cl)[nH]n1. The fraction of sp³-hybridized carbons (Fsp3) is 0.0588. The number of benzene rings is 1. The van der Waals surface area contributed by atoms with E-state index in [0.29, 0.717) is 22.0 Å². The predicted molar refractivity (Wildman–Crippen MR) is 103 cm³/mol. The minimum absolute atomic E-state index is 0.208. The van der Waals surface area contributed by atoms with Crippen LogP contribution in [0, 0.1) is 6.92 Å². The zero-order valence-electron chi connectivity index (χ0n) is 13.5. The number of aryl methyl sites for hydroxylation is 1. The van der Waals surface area contributed by atoms with Gasteiger partial charge in [0.1, 0.15) is 0 Å². The zero-order valence-corrected chi connectivity index (χ0v) is 15.9. The fourth-order valence-corrected chi connectivity index (χ4v) is 2.76. The van der Waals surface area contributed by atoms with Gasteiger partial charge in [-0.1, -0.05) is 27.5 Å². The first kappa shape index (κ1) is 18.1. The molecule has 3 rings (SSSR count). The van der Waals surface area contributed by atoms with Gasteiger partial charge in [0.25, 0.3) is 0 Å². The van der Waals surface area contributed by atoms with Gasteiger partial charge in [0.2, 0.25) is 0 Å². The maximum atomic E-state index is 12.1. The number of aromatic nitrogens is 3. The molecule has 26 heavy (non-hydrogen) atoms. The Labute approximate surface area is 162 Å². The molecule has 2 amide bonds. The second kappa shape index (κ2) is 7.67. The Morgan fingerprint density at radius 1 is 1.15 bits per heavy atom. The largest absolute Gasteiger partial charge is 0.316 e. The number of H-pyrrole nitrogens is 1. The predicted octanol–water partition coefficient (Wildman–Crippen LogP) is 3.77. The van der Waals surface area contributed by atoms with Crippen molar-refractivity contribution in [3.05, 3.63) is 57.8 Å². The zero-order chi connectivity index (χ0) is 18.7. The van der Waals surface area contributed by atoms with Crippen molar-refractivity contribution in [1.82, 2.24) is 15.2 Å². The van der Waals surface area contributed by atoms with Crippen LogP contribution in [-0.4, -0.2) is 27.0 Å². The Morgan fingerprint density at radius 3 is 2.69 bits per heavy atom. The Morgan fingerprint density at radius 2 is 1.92 bits per heavy atom. The maximum absolute atomic E-state index is 12.1. The van der Waals surface area contributed by atoms with Crippen LogP contribution in [0.2, 0.25) is 5.02 Å². The number of carbonyl (C=O) groups excluding carboxylic acids is 2. The fourth-order valence-electron chi connectivity index (χ4n) is 2.17. The molecule has 0 aliphatic rings. The van der Waals surface area contributed by atoms with E-state index in [2.05, 4.69) is 41.7 Å². The van der Waals surface area contributed by atoms with Crippen LogP contribution in [0.25, 0.3) is 11.3 Å². The minimum Gasteiger partial charge on any atom is -0.316 e. The number of aromatic amines is 1. The number of nitrogens with zero attached hydrogens (tertiary/aromatic N) is 2. The average Bonchev–Trinajstić information content (AvgIpc) is 3.07. The highest BCUT2D eigenvalue weighted by Gasteiger charge is 2.17. The van der Waals surface area contributed by atoms with E-state index in [1.807, 2.05) is 12.1 Å². The summed E-state index contributed by atoms with van der Waals surface area (Å²) >= 11 is 9.55. The van der Waals surface area contributed by atoms with Gasteiger partial charge in [-0.05, 0) is 36.8 Å². The molecule has 0 aliphatic heterocycles. The first-order valence-electron chi connectivity index (χ1n) is 7.48. The van der Waals surface area contributed by atoms with Gasteiger partial charge < -0.3 is 10.6 Å². The van der Waals surface area contributed by atoms with Crippen molar-refractivity contribution in [3.8, 4) is 11.3 Å². The van der Waals surface area contributed by atoms with Gasteiger partial charge in [-0.2, -0.15) is 5.10 Å². The van der Waals surface area contributed by atoms with Gasteiger partial charge in [0.15, 0.2) is 5.82 Å². The highest BCUT2D eigenvalue weighted by atomic mass is 79.9. The lowest BCUT2D eigenvalue weighted by Gasteiger charge is -2.06. The molecule has 132 valence electrons. The molecule has 1 aromatic carbocycles. The summed E-state index contributed by atoms with van der Waals surface area (Å²) in [4.78, 5) is 28.0. The van der Waals surface area contributed by atoms with E-state index < -0.39 is 11.8 Å². The molecule has 0 bridgehead atoms. The van der Waals surface area contributed by atoms with Crippen molar-refractivity contribution in [2.45, 2.75) is 6.92 Å². The standard InChI is InChI=1S/C17H13BrClN5O2/c1-9-4-5-20-8-14(9)21-16(25)17(26)22-15-7-13(23-24-15)11-6-10(18)2-3-12(11)19/h2-8H,1H3,(H,21,25)(H2,22,23,24,26). The van der Waals surface area contributed by atoms with Gasteiger partial charge in [0, 0.05) is 22.3 Å². The molecule has 3 aromatic rings. The van der Waals surface area contributed by atoms with Gasteiger partial charge in [-0.25, -0.2) is 0 Å². The van der Waals surface area contributed by atoms with Crippen LogP contribution in [-0.2, 0) is 9.59 Å². The second-order valence-electron chi connectivity index (χ2n) is 5.39. The van der Waals surface area contributed by atoms with Crippen LogP contribution >= 0.6 is 27.5 Å². The van der Waals surface area contributed by atoms with Gasteiger partial charge in [-0.3, -0.25) is 19.7 Å². The number of anilines is 2. The van der Waals surface area contributed by atoms with Crippen LogP contribution in [0.3, 0.4) is 0 Å². The summed E-state index contributed by atoms with van der Waals surface area (Å²) in [5.74, 6) is -1.45. The first-order chi connectivity index (χ1) is 12.4. The molecule has 0 unspecified atom stereocenters. The quantitative estimate of drug-likeness (QED) is 0.546. The highest BCUT2D eigenvalue weighted by Crippen LogP contribution is 2.30. The van der Waals surface area contributed by atoms with Crippen molar-refractivity contribution in [3.63, 3.8) is 0 Å². The molecule has 0 saturated carbocycles. The van der Waals surface area contributed by atoms with E-state index >= 15 is 0 Å². The molecule has 0 aliphatic carbocycles. The number of amides is 2. The van der Waals surface area contributed by atoms with Crippen LogP contribution in [0.1, 0.15) is 5.56 Å². The lowest BCUT2D eigenvalue weighted by atomic mass is 10.1. The smallest absolute Gasteiger partial charge is 0.315 e. The van der Waals surface area contributed by atoms with E-state index in [9.17, 15) is 9.59 Å². The summed E-state index contributed by atoms with van der Waals surface area (Å²) in [6, 6.07) is 8.70. The minimum atomic E-state index is -0.841. The molecular weight excluding hydrogens is 422 g/mol. The second-order valence-corrected chi connectivity index (χ2v) is 6.71. The molecule has 7 nitrogen and oxygen atoms in total.